The van der Waals surface area contributed by atoms with Crippen LogP contribution in [0, 0.1) is 0 Å². The topological polar surface area (TPSA) is 68.4 Å². The number of H-pyrrole nitrogens is 1. The number of rotatable bonds is 6. The average Bonchev–Trinajstić information content (AvgIpc) is 2.81. The number of nitrogens with one attached hydrogen (secondary N) is 2. The predicted octanol–water partition coefficient (Wildman–Crippen LogP) is 0.841. The number of aromatic amines is 1. The molecule has 21 heavy (non-hydrogen) atoms. The van der Waals surface area contributed by atoms with E-state index in [0.29, 0.717) is 24.5 Å². The number of aromatic nitrogens is 1. The van der Waals surface area contributed by atoms with Gasteiger partial charge in [0.15, 0.2) is 0 Å². The first-order valence-electron chi connectivity index (χ1n) is 7.60. The zero-order chi connectivity index (χ0) is 15.3. The van der Waals surface area contributed by atoms with Crippen LogP contribution in [0.5, 0.6) is 0 Å². The summed E-state index contributed by atoms with van der Waals surface area (Å²) in [6.07, 6.45) is 3.55. The molecular formula is C14H26N4O2S. The molecule has 1 aliphatic heterocycles. The van der Waals surface area contributed by atoms with Gasteiger partial charge in [0, 0.05) is 38.1 Å². The molecule has 2 N–H and O–H groups in total. The van der Waals surface area contributed by atoms with Crippen molar-refractivity contribution >= 4 is 10.0 Å². The van der Waals surface area contributed by atoms with Gasteiger partial charge in [-0.15, -0.1) is 0 Å². The first kappa shape index (κ1) is 16.5. The molecule has 1 fully saturated rings. The Morgan fingerprint density at radius 2 is 2.10 bits per heavy atom. The summed E-state index contributed by atoms with van der Waals surface area (Å²) < 4.78 is 26.9. The Balaban J connectivity index is 2.05. The van der Waals surface area contributed by atoms with Crippen LogP contribution in [-0.4, -0.2) is 62.4 Å². The molecule has 0 amide bonds. The quantitative estimate of drug-likeness (QED) is 0.764. The van der Waals surface area contributed by atoms with Crippen molar-refractivity contribution < 1.29 is 8.42 Å². The lowest BCUT2D eigenvalue weighted by atomic mass is 10.4. The molecule has 2 rings (SSSR count). The second-order valence-electron chi connectivity index (χ2n) is 5.60. The molecular weight excluding hydrogens is 288 g/mol. The van der Waals surface area contributed by atoms with Crippen molar-refractivity contribution in [2.45, 2.75) is 31.2 Å². The number of sulfonamides is 1. The summed E-state index contributed by atoms with van der Waals surface area (Å²) in [4.78, 5) is 5.60. The van der Waals surface area contributed by atoms with Gasteiger partial charge in [-0.1, -0.05) is 6.92 Å². The van der Waals surface area contributed by atoms with Crippen molar-refractivity contribution in [3.05, 3.63) is 18.0 Å². The van der Waals surface area contributed by atoms with Crippen LogP contribution in [0.4, 0.5) is 0 Å². The van der Waals surface area contributed by atoms with Gasteiger partial charge in [0.05, 0.1) is 4.90 Å². The standard InChI is InChI=1S/C14H26N4O2S/c1-3-5-15-11-13-10-14(12-16-13)21(19,20)18-7-4-6-17(2)8-9-18/h10,12,15-16H,3-9,11H2,1-2H3. The van der Waals surface area contributed by atoms with Crippen molar-refractivity contribution in [1.82, 2.24) is 19.5 Å². The normalized spacial score (nSPS) is 18.8. The molecule has 1 aromatic heterocycles. The Hall–Kier alpha value is -0.890. The van der Waals surface area contributed by atoms with Crippen LogP contribution in [0.1, 0.15) is 25.5 Å². The largest absolute Gasteiger partial charge is 0.363 e. The van der Waals surface area contributed by atoms with Crippen molar-refractivity contribution in [3.8, 4) is 0 Å². The van der Waals surface area contributed by atoms with Gasteiger partial charge >= 0.3 is 0 Å². The summed E-state index contributed by atoms with van der Waals surface area (Å²) in [6.45, 7) is 6.61. The molecule has 1 aliphatic rings. The fourth-order valence-corrected chi connectivity index (χ4v) is 3.97. The highest BCUT2D eigenvalue weighted by molar-refractivity contribution is 7.89. The van der Waals surface area contributed by atoms with Gasteiger partial charge in [-0.3, -0.25) is 0 Å². The molecule has 0 atom stereocenters. The zero-order valence-electron chi connectivity index (χ0n) is 12.9. The van der Waals surface area contributed by atoms with E-state index in [4.69, 9.17) is 0 Å². The first-order chi connectivity index (χ1) is 10.0. The van der Waals surface area contributed by atoms with Crippen LogP contribution in [0.25, 0.3) is 0 Å². The maximum Gasteiger partial charge on any atom is 0.244 e. The third-order valence-corrected chi connectivity index (χ3v) is 5.65. The summed E-state index contributed by atoms with van der Waals surface area (Å²) in [5.74, 6) is 0. The zero-order valence-corrected chi connectivity index (χ0v) is 13.7. The van der Waals surface area contributed by atoms with E-state index in [1.165, 1.54) is 0 Å². The SMILES string of the molecule is CCCNCc1cc(S(=O)(=O)N2CCCN(C)CC2)c[nH]1. The lowest BCUT2D eigenvalue weighted by Gasteiger charge is -2.19. The highest BCUT2D eigenvalue weighted by Gasteiger charge is 2.26. The molecule has 0 saturated carbocycles. The lowest BCUT2D eigenvalue weighted by Crippen LogP contribution is -2.34. The smallest absolute Gasteiger partial charge is 0.244 e. The Labute approximate surface area is 127 Å². The predicted molar refractivity (Wildman–Crippen MR) is 83.7 cm³/mol. The van der Waals surface area contributed by atoms with E-state index in [1.807, 2.05) is 7.05 Å². The van der Waals surface area contributed by atoms with Crippen LogP contribution in [0.15, 0.2) is 17.2 Å². The molecule has 6 nitrogen and oxygen atoms in total. The van der Waals surface area contributed by atoms with E-state index in [1.54, 1.807) is 16.6 Å². The number of nitrogens with zero attached hydrogens (tertiary/aromatic N) is 2. The van der Waals surface area contributed by atoms with Crippen LogP contribution in [0.3, 0.4) is 0 Å². The van der Waals surface area contributed by atoms with Gasteiger partial charge in [-0.25, -0.2) is 8.42 Å². The van der Waals surface area contributed by atoms with Crippen molar-refractivity contribution in [3.63, 3.8) is 0 Å². The lowest BCUT2D eigenvalue weighted by molar-refractivity contribution is 0.347. The maximum absolute atomic E-state index is 12.7. The molecule has 0 radical (unpaired) electrons. The highest BCUT2D eigenvalue weighted by Crippen LogP contribution is 2.18. The fraction of sp³-hybridized carbons (Fsp3) is 0.714. The summed E-state index contributed by atoms with van der Waals surface area (Å²) in [5.41, 5.74) is 0.911. The van der Waals surface area contributed by atoms with E-state index < -0.39 is 10.0 Å². The minimum atomic E-state index is -3.37. The minimum Gasteiger partial charge on any atom is -0.363 e. The Kier molecular flexibility index (Phi) is 5.80. The summed E-state index contributed by atoms with van der Waals surface area (Å²) in [7, 11) is -1.34. The molecule has 1 aromatic rings. The Morgan fingerprint density at radius 3 is 2.86 bits per heavy atom. The second kappa shape index (κ2) is 7.40. The third kappa shape index (κ3) is 4.29. The molecule has 0 unspecified atom stereocenters. The summed E-state index contributed by atoms with van der Waals surface area (Å²) in [5, 5.41) is 3.27. The van der Waals surface area contributed by atoms with Gasteiger partial charge < -0.3 is 15.2 Å². The monoisotopic (exact) mass is 314 g/mol. The molecule has 7 heteroatoms. The van der Waals surface area contributed by atoms with Gasteiger partial charge in [0.2, 0.25) is 10.0 Å². The number of likely N-dealkylation sites (N-methyl/N-ethyl adjacent to an activating group) is 1. The van der Waals surface area contributed by atoms with Crippen LogP contribution in [-0.2, 0) is 16.6 Å². The van der Waals surface area contributed by atoms with E-state index >= 15 is 0 Å². The highest BCUT2D eigenvalue weighted by atomic mass is 32.2. The van der Waals surface area contributed by atoms with Gasteiger partial charge in [0.25, 0.3) is 0 Å². The average molecular weight is 314 g/mol. The minimum absolute atomic E-state index is 0.375. The maximum atomic E-state index is 12.7. The first-order valence-corrected chi connectivity index (χ1v) is 9.04. The molecule has 0 spiro atoms. The molecule has 0 aromatic carbocycles. The van der Waals surface area contributed by atoms with Crippen molar-refractivity contribution in [2.75, 3.05) is 39.8 Å². The summed E-state index contributed by atoms with van der Waals surface area (Å²) >= 11 is 0. The van der Waals surface area contributed by atoms with Gasteiger partial charge in [-0.2, -0.15) is 4.31 Å². The van der Waals surface area contributed by atoms with E-state index in [-0.39, 0.29) is 0 Å². The Bertz CT molecular complexity index is 541. The fourth-order valence-electron chi connectivity index (χ4n) is 2.48. The number of hydrogen-bond acceptors (Lipinski definition) is 4. The van der Waals surface area contributed by atoms with E-state index in [9.17, 15) is 8.42 Å². The molecule has 1 saturated heterocycles. The van der Waals surface area contributed by atoms with Crippen LogP contribution < -0.4 is 5.32 Å². The van der Waals surface area contributed by atoms with E-state index in [0.717, 1.165) is 38.2 Å². The Morgan fingerprint density at radius 1 is 1.29 bits per heavy atom. The third-order valence-electron chi connectivity index (χ3n) is 3.77. The van der Waals surface area contributed by atoms with Crippen LogP contribution >= 0.6 is 0 Å². The van der Waals surface area contributed by atoms with Crippen molar-refractivity contribution in [1.29, 1.82) is 0 Å². The molecule has 2 heterocycles. The molecule has 0 aliphatic carbocycles. The van der Waals surface area contributed by atoms with Gasteiger partial charge in [0.1, 0.15) is 0 Å². The molecule has 0 bridgehead atoms. The second-order valence-corrected chi connectivity index (χ2v) is 7.54. The van der Waals surface area contributed by atoms with Gasteiger partial charge in [-0.05, 0) is 39.0 Å². The number of hydrogen-bond donors (Lipinski definition) is 2. The van der Waals surface area contributed by atoms with E-state index in [2.05, 4.69) is 22.1 Å². The van der Waals surface area contributed by atoms with Crippen LogP contribution in [0.2, 0.25) is 0 Å². The van der Waals surface area contributed by atoms with Crippen molar-refractivity contribution in [2.24, 2.45) is 0 Å². The molecule has 120 valence electrons. The summed E-state index contributed by atoms with van der Waals surface area (Å²) in [6, 6.07) is 1.74.